The molecule has 0 atom stereocenters. The van der Waals surface area contributed by atoms with Crippen molar-refractivity contribution in [2.24, 2.45) is 0 Å². The van der Waals surface area contributed by atoms with E-state index in [1.807, 2.05) is 13.6 Å². The maximum atomic E-state index is 10.9. The Morgan fingerprint density at radius 3 is 0.867 bits per heavy atom. The summed E-state index contributed by atoms with van der Waals surface area (Å²) in [4.78, 5) is 16.0. The van der Waals surface area contributed by atoms with Gasteiger partial charge in [-0.3, -0.25) is 0 Å². The van der Waals surface area contributed by atoms with Crippen LogP contribution in [0.15, 0.2) is 0 Å². The smallest absolute Gasteiger partial charge is 0.307 e. The van der Waals surface area contributed by atoms with E-state index in [0.717, 1.165) is 0 Å². The Balaban J connectivity index is -0.000000107. The Morgan fingerprint density at radius 2 is 0.800 bits per heavy atom. The average Bonchev–Trinajstić information content (AvgIpc) is 2.06. The number of hydrogen-bond donors (Lipinski definition) is 0. The van der Waals surface area contributed by atoms with Crippen molar-refractivity contribution in [3.63, 3.8) is 0 Å². The third-order valence-electron chi connectivity index (χ3n) is 0.346. The van der Waals surface area contributed by atoms with Gasteiger partial charge < -0.3 is 9.59 Å². The molecule has 0 bridgehead atoms. The first kappa shape index (κ1) is 23.7. The summed E-state index contributed by atoms with van der Waals surface area (Å²) in [6.07, 6.45) is -10.1. The van der Waals surface area contributed by atoms with Crippen molar-refractivity contribution in [2.45, 2.75) is 12.4 Å². The molecule has 0 aliphatic rings. The molecule has 0 spiro atoms. The average molecular weight is 329 g/mol. The SMILES string of the molecule is C=O.C=O.FC(F)(F)C#CC(F)(F)F.[Pd]. The summed E-state index contributed by atoms with van der Waals surface area (Å²) in [7, 11) is 0. The summed E-state index contributed by atoms with van der Waals surface area (Å²) in [5.41, 5.74) is 0. The standard InChI is InChI=1S/C4F6.2CH2O.Pd/c5-3(6,7)1-2-4(8,9)10;2*1-2;/h;2*1H2;. The maximum Gasteiger partial charge on any atom is 0.457 e. The van der Waals surface area contributed by atoms with Crippen molar-refractivity contribution >= 4 is 13.6 Å². The van der Waals surface area contributed by atoms with Gasteiger partial charge in [0.05, 0.1) is 0 Å². The third kappa shape index (κ3) is 43.2. The van der Waals surface area contributed by atoms with Crippen LogP contribution in [0.4, 0.5) is 26.3 Å². The maximum absolute atomic E-state index is 10.9. The molecule has 0 fully saturated rings. The van der Waals surface area contributed by atoms with Gasteiger partial charge in [-0.05, 0) is 0 Å². The predicted molar refractivity (Wildman–Crippen MR) is 34.1 cm³/mol. The van der Waals surface area contributed by atoms with E-state index in [0.29, 0.717) is 0 Å². The quantitative estimate of drug-likeness (QED) is 0.386. The molecule has 0 unspecified atom stereocenters. The number of rotatable bonds is 0. The van der Waals surface area contributed by atoms with Crippen LogP contribution >= 0.6 is 0 Å². The fourth-order valence-corrected chi connectivity index (χ4v) is 0.142. The van der Waals surface area contributed by atoms with Crippen LogP contribution in [0.5, 0.6) is 0 Å². The molecule has 0 amide bonds. The second kappa shape index (κ2) is 11.2. The summed E-state index contributed by atoms with van der Waals surface area (Å²) < 4.78 is 65.5. The molecule has 0 saturated heterocycles. The van der Waals surface area contributed by atoms with Gasteiger partial charge in [0.1, 0.15) is 13.6 Å². The Hall–Kier alpha value is -0.858. The van der Waals surface area contributed by atoms with Crippen molar-refractivity contribution in [2.75, 3.05) is 0 Å². The molecule has 0 aromatic carbocycles. The molecule has 2 nitrogen and oxygen atoms in total. The van der Waals surface area contributed by atoms with Gasteiger partial charge in [0.25, 0.3) is 0 Å². The van der Waals surface area contributed by atoms with Crippen molar-refractivity contribution in [1.29, 1.82) is 0 Å². The second-order valence-electron chi connectivity index (χ2n) is 1.25. The first-order chi connectivity index (χ1) is 6.21. The fraction of sp³-hybridized carbons (Fsp3) is 0.333. The van der Waals surface area contributed by atoms with E-state index < -0.39 is 12.4 Å². The molecule has 0 aliphatic heterocycles. The van der Waals surface area contributed by atoms with E-state index in [9.17, 15) is 26.3 Å². The van der Waals surface area contributed by atoms with Crippen LogP contribution in [-0.4, -0.2) is 25.9 Å². The molecular weight excluding hydrogens is 324 g/mol. The molecule has 92 valence electrons. The van der Waals surface area contributed by atoms with Crippen molar-refractivity contribution in [3.8, 4) is 11.8 Å². The van der Waals surface area contributed by atoms with Gasteiger partial charge in [0.15, 0.2) is 0 Å². The van der Waals surface area contributed by atoms with Crippen LogP contribution in [0.2, 0.25) is 0 Å². The van der Waals surface area contributed by atoms with Gasteiger partial charge in [0, 0.05) is 32.3 Å². The predicted octanol–water partition coefficient (Wildman–Crippen LogP) is 1.74. The zero-order chi connectivity index (χ0) is 12.4. The Kier molecular flexibility index (Phi) is 17.8. The van der Waals surface area contributed by atoms with Gasteiger partial charge in [0.2, 0.25) is 0 Å². The van der Waals surface area contributed by atoms with Gasteiger partial charge in [-0.1, -0.05) is 0 Å². The zero-order valence-electron chi connectivity index (χ0n) is 6.81. The fourth-order valence-electron chi connectivity index (χ4n) is 0.142. The van der Waals surface area contributed by atoms with Gasteiger partial charge in [-0.15, -0.1) is 0 Å². The molecule has 0 aromatic heterocycles. The minimum Gasteiger partial charge on any atom is -0.307 e. The molecule has 0 radical (unpaired) electrons. The largest absolute Gasteiger partial charge is 0.457 e. The minimum atomic E-state index is -5.07. The van der Waals surface area contributed by atoms with Crippen molar-refractivity contribution in [3.05, 3.63) is 0 Å². The number of carbonyl (C=O) groups excluding carboxylic acids is 2. The van der Waals surface area contributed by atoms with Gasteiger partial charge in [-0.25, -0.2) is 0 Å². The third-order valence-corrected chi connectivity index (χ3v) is 0.346. The van der Waals surface area contributed by atoms with E-state index in [-0.39, 0.29) is 32.3 Å². The molecule has 0 aliphatic carbocycles. The first-order valence-electron chi connectivity index (χ1n) is 2.46. The van der Waals surface area contributed by atoms with E-state index >= 15 is 0 Å². The minimum absolute atomic E-state index is 0. The van der Waals surface area contributed by atoms with Gasteiger partial charge in [-0.2, -0.15) is 26.3 Å². The van der Waals surface area contributed by atoms with Crippen molar-refractivity contribution in [1.82, 2.24) is 0 Å². The topological polar surface area (TPSA) is 34.1 Å². The zero-order valence-corrected chi connectivity index (χ0v) is 8.37. The number of hydrogen-bond acceptors (Lipinski definition) is 2. The summed E-state index contributed by atoms with van der Waals surface area (Å²) in [6.45, 7) is 4.00. The normalized spacial score (nSPS) is 8.67. The number of carbonyl (C=O) groups is 2. The summed E-state index contributed by atoms with van der Waals surface area (Å²) in [5, 5.41) is 0. The summed E-state index contributed by atoms with van der Waals surface area (Å²) in [6, 6.07) is 0. The monoisotopic (exact) mass is 328 g/mol. The van der Waals surface area contributed by atoms with E-state index in [2.05, 4.69) is 0 Å². The molecule has 9 heteroatoms. The van der Waals surface area contributed by atoms with Crippen LogP contribution in [0.25, 0.3) is 0 Å². The van der Waals surface area contributed by atoms with Crippen LogP contribution in [-0.2, 0) is 30.0 Å². The molecular formula is C6H4F6O2Pd. The van der Waals surface area contributed by atoms with Crippen LogP contribution < -0.4 is 0 Å². The molecule has 0 aromatic rings. The van der Waals surface area contributed by atoms with Crippen LogP contribution in [0.1, 0.15) is 0 Å². The molecule has 0 N–H and O–H groups in total. The van der Waals surface area contributed by atoms with E-state index in [4.69, 9.17) is 9.59 Å². The van der Waals surface area contributed by atoms with E-state index in [1.54, 1.807) is 0 Å². The molecule has 0 saturated carbocycles. The summed E-state index contributed by atoms with van der Waals surface area (Å²) >= 11 is 0. The summed E-state index contributed by atoms with van der Waals surface area (Å²) in [5.74, 6) is 0.174. The Bertz CT molecular complexity index is 180. The second-order valence-corrected chi connectivity index (χ2v) is 1.25. The van der Waals surface area contributed by atoms with Crippen molar-refractivity contribution < 1.29 is 56.4 Å². The first-order valence-corrected chi connectivity index (χ1v) is 2.46. The van der Waals surface area contributed by atoms with Gasteiger partial charge >= 0.3 is 12.4 Å². The molecule has 15 heavy (non-hydrogen) atoms. The number of alkyl halides is 6. The number of halogens is 6. The Morgan fingerprint density at radius 1 is 0.667 bits per heavy atom. The van der Waals surface area contributed by atoms with Crippen LogP contribution in [0.3, 0.4) is 0 Å². The van der Waals surface area contributed by atoms with E-state index in [1.165, 1.54) is 0 Å². The molecule has 0 heterocycles. The Labute approximate surface area is 94.7 Å². The molecule has 0 rings (SSSR count). The van der Waals surface area contributed by atoms with Crippen LogP contribution in [0, 0.1) is 11.8 Å².